The highest BCUT2D eigenvalue weighted by molar-refractivity contribution is 5.73. The number of rotatable bonds is 9. The van der Waals surface area contributed by atoms with Gasteiger partial charge in [-0.15, -0.1) is 0 Å². The van der Waals surface area contributed by atoms with Crippen molar-refractivity contribution in [2.75, 3.05) is 19.7 Å². The van der Waals surface area contributed by atoms with Crippen LogP contribution in [0.3, 0.4) is 0 Å². The van der Waals surface area contributed by atoms with Crippen LogP contribution in [0.1, 0.15) is 37.3 Å². The summed E-state index contributed by atoms with van der Waals surface area (Å²) in [5.41, 5.74) is 2.48. The second kappa shape index (κ2) is 10.4. The molecule has 0 radical (unpaired) electrons. The lowest BCUT2D eigenvalue weighted by atomic mass is 10.0. The van der Waals surface area contributed by atoms with E-state index in [1.165, 1.54) is 11.1 Å². The molecule has 134 valence electrons. The number of urea groups is 1. The molecule has 4 nitrogen and oxygen atoms in total. The minimum Gasteiger partial charge on any atom is -0.491 e. The third-order valence-corrected chi connectivity index (χ3v) is 3.96. The zero-order valence-corrected chi connectivity index (χ0v) is 15.1. The van der Waals surface area contributed by atoms with Crippen molar-refractivity contribution in [2.45, 2.75) is 32.6 Å². The maximum absolute atomic E-state index is 11.8. The third kappa shape index (κ3) is 6.87. The van der Waals surface area contributed by atoms with Crippen molar-refractivity contribution in [3.63, 3.8) is 0 Å². The van der Waals surface area contributed by atoms with E-state index in [1.54, 1.807) is 0 Å². The molecule has 0 saturated carbocycles. The summed E-state index contributed by atoms with van der Waals surface area (Å²) in [5, 5.41) is 5.70. The van der Waals surface area contributed by atoms with Crippen LogP contribution in [0.2, 0.25) is 0 Å². The van der Waals surface area contributed by atoms with Crippen LogP contribution < -0.4 is 15.4 Å². The Labute approximate surface area is 150 Å². The second-order valence-corrected chi connectivity index (χ2v) is 6.31. The molecule has 0 bridgehead atoms. The summed E-state index contributed by atoms with van der Waals surface area (Å²) in [6, 6.07) is 18.2. The lowest BCUT2D eigenvalue weighted by Gasteiger charge is -2.14. The van der Waals surface area contributed by atoms with Crippen molar-refractivity contribution in [1.82, 2.24) is 10.6 Å². The first-order valence-corrected chi connectivity index (χ1v) is 8.94. The van der Waals surface area contributed by atoms with Crippen molar-refractivity contribution >= 4 is 6.03 Å². The number of aryl methyl sites for hydroxylation is 1. The highest BCUT2D eigenvalue weighted by atomic mass is 16.5. The van der Waals surface area contributed by atoms with Crippen molar-refractivity contribution in [3.8, 4) is 5.75 Å². The first-order valence-electron chi connectivity index (χ1n) is 8.94. The largest absolute Gasteiger partial charge is 0.491 e. The van der Waals surface area contributed by atoms with Crippen LogP contribution in [-0.4, -0.2) is 25.7 Å². The molecular weight excluding hydrogens is 312 g/mol. The van der Waals surface area contributed by atoms with Gasteiger partial charge in [0.15, 0.2) is 0 Å². The van der Waals surface area contributed by atoms with Crippen LogP contribution in [0.5, 0.6) is 5.75 Å². The SMILES string of the molecule is CC(C)c1ccccc1OCCNC(=O)NCCCc1ccccc1. The summed E-state index contributed by atoms with van der Waals surface area (Å²) < 4.78 is 5.79. The minimum absolute atomic E-state index is 0.145. The number of ether oxygens (including phenoxy) is 1. The maximum atomic E-state index is 11.8. The van der Waals surface area contributed by atoms with E-state index in [4.69, 9.17) is 4.74 Å². The van der Waals surface area contributed by atoms with Crippen LogP contribution >= 0.6 is 0 Å². The molecule has 0 atom stereocenters. The minimum atomic E-state index is -0.145. The van der Waals surface area contributed by atoms with E-state index < -0.39 is 0 Å². The van der Waals surface area contributed by atoms with Gasteiger partial charge in [-0.3, -0.25) is 0 Å². The van der Waals surface area contributed by atoms with Gasteiger partial charge in [0, 0.05) is 6.54 Å². The van der Waals surface area contributed by atoms with Gasteiger partial charge in [0.1, 0.15) is 12.4 Å². The Morgan fingerprint density at radius 3 is 2.40 bits per heavy atom. The smallest absolute Gasteiger partial charge is 0.314 e. The number of carbonyl (C=O) groups is 1. The molecule has 0 aliphatic carbocycles. The third-order valence-electron chi connectivity index (χ3n) is 3.96. The number of benzene rings is 2. The fourth-order valence-electron chi connectivity index (χ4n) is 2.62. The topological polar surface area (TPSA) is 50.4 Å². The van der Waals surface area contributed by atoms with Gasteiger partial charge in [0.05, 0.1) is 6.54 Å². The summed E-state index contributed by atoms with van der Waals surface area (Å²) in [4.78, 5) is 11.8. The van der Waals surface area contributed by atoms with Crippen molar-refractivity contribution in [3.05, 3.63) is 65.7 Å². The molecule has 2 aromatic rings. The fraction of sp³-hybridized carbons (Fsp3) is 0.381. The Morgan fingerprint density at radius 1 is 0.960 bits per heavy atom. The molecule has 0 saturated heterocycles. The lowest BCUT2D eigenvalue weighted by molar-refractivity contribution is 0.236. The number of hydrogen-bond acceptors (Lipinski definition) is 2. The normalized spacial score (nSPS) is 10.5. The molecule has 2 amide bonds. The van der Waals surface area contributed by atoms with Gasteiger partial charge < -0.3 is 15.4 Å². The second-order valence-electron chi connectivity index (χ2n) is 6.31. The zero-order valence-electron chi connectivity index (χ0n) is 15.1. The molecule has 0 aliphatic rings. The highest BCUT2D eigenvalue weighted by Gasteiger charge is 2.06. The summed E-state index contributed by atoms with van der Waals surface area (Å²) in [6.45, 7) is 5.89. The first-order chi connectivity index (χ1) is 12.2. The van der Waals surface area contributed by atoms with E-state index in [0.717, 1.165) is 18.6 Å². The average Bonchev–Trinajstić information content (AvgIpc) is 2.63. The quantitative estimate of drug-likeness (QED) is 0.675. The van der Waals surface area contributed by atoms with E-state index in [-0.39, 0.29) is 6.03 Å². The summed E-state index contributed by atoms with van der Waals surface area (Å²) in [7, 11) is 0. The van der Waals surface area contributed by atoms with Gasteiger partial charge in [0.25, 0.3) is 0 Å². The van der Waals surface area contributed by atoms with Crippen LogP contribution in [-0.2, 0) is 6.42 Å². The van der Waals surface area contributed by atoms with Gasteiger partial charge in [-0.25, -0.2) is 4.79 Å². The summed E-state index contributed by atoms with van der Waals surface area (Å²) >= 11 is 0. The van der Waals surface area contributed by atoms with Crippen molar-refractivity contribution in [2.24, 2.45) is 0 Å². The van der Waals surface area contributed by atoms with Gasteiger partial charge >= 0.3 is 6.03 Å². The fourth-order valence-corrected chi connectivity index (χ4v) is 2.62. The van der Waals surface area contributed by atoms with Crippen molar-refractivity contribution in [1.29, 1.82) is 0 Å². The van der Waals surface area contributed by atoms with Crippen molar-refractivity contribution < 1.29 is 9.53 Å². The molecule has 2 N–H and O–H groups in total. The maximum Gasteiger partial charge on any atom is 0.314 e. The molecule has 0 fully saturated rings. The predicted octanol–water partition coefficient (Wildman–Crippen LogP) is 4.12. The Bertz CT molecular complexity index is 641. The van der Waals surface area contributed by atoms with E-state index in [1.807, 2.05) is 36.4 Å². The van der Waals surface area contributed by atoms with E-state index in [2.05, 4.69) is 42.7 Å². The number of carbonyl (C=O) groups excluding carboxylic acids is 1. The van der Waals surface area contributed by atoms with E-state index in [0.29, 0.717) is 25.6 Å². The molecule has 0 unspecified atom stereocenters. The van der Waals surface area contributed by atoms with E-state index in [9.17, 15) is 4.79 Å². The van der Waals surface area contributed by atoms with Gasteiger partial charge in [-0.05, 0) is 36.0 Å². The number of amides is 2. The first kappa shape index (κ1) is 18.8. The molecule has 2 aromatic carbocycles. The molecule has 0 spiro atoms. The standard InChI is InChI=1S/C21H28N2O2/c1-17(2)19-12-6-7-13-20(19)25-16-15-23-21(24)22-14-8-11-18-9-4-3-5-10-18/h3-7,9-10,12-13,17H,8,11,14-16H2,1-2H3,(H2,22,23,24). The number of para-hydroxylation sites is 1. The summed E-state index contributed by atoms with van der Waals surface area (Å²) in [5.74, 6) is 1.31. The zero-order chi connectivity index (χ0) is 17.9. The highest BCUT2D eigenvalue weighted by Crippen LogP contribution is 2.25. The Balaban J connectivity index is 1.58. The Morgan fingerprint density at radius 2 is 1.64 bits per heavy atom. The molecule has 0 heterocycles. The molecular formula is C21H28N2O2. The van der Waals surface area contributed by atoms with Crippen LogP contribution in [0, 0.1) is 0 Å². The monoisotopic (exact) mass is 340 g/mol. The average molecular weight is 340 g/mol. The van der Waals surface area contributed by atoms with Gasteiger partial charge in [-0.1, -0.05) is 62.4 Å². The van der Waals surface area contributed by atoms with Gasteiger partial charge in [-0.2, -0.15) is 0 Å². The molecule has 25 heavy (non-hydrogen) atoms. The Kier molecular flexibility index (Phi) is 7.83. The molecule has 4 heteroatoms. The van der Waals surface area contributed by atoms with Gasteiger partial charge in [0.2, 0.25) is 0 Å². The molecule has 2 rings (SSSR count). The summed E-state index contributed by atoms with van der Waals surface area (Å²) in [6.07, 6.45) is 1.89. The number of hydrogen-bond donors (Lipinski definition) is 2. The Hall–Kier alpha value is -2.49. The predicted molar refractivity (Wildman–Crippen MR) is 102 cm³/mol. The van der Waals surface area contributed by atoms with E-state index >= 15 is 0 Å². The lowest BCUT2D eigenvalue weighted by Crippen LogP contribution is -2.38. The molecule has 0 aliphatic heterocycles. The van der Waals surface area contributed by atoms with Crippen LogP contribution in [0.25, 0.3) is 0 Å². The number of nitrogens with one attached hydrogen (secondary N) is 2. The van der Waals surface area contributed by atoms with Crippen LogP contribution in [0.4, 0.5) is 4.79 Å². The van der Waals surface area contributed by atoms with Crippen LogP contribution in [0.15, 0.2) is 54.6 Å². The molecule has 0 aromatic heterocycles.